The van der Waals surface area contributed by atoms with Crippen molar-refractivity contribution >= 4 is 17.2 Å². The number of carbonyl (C=O) groups excluding carboxylic acids is 1. The van der Waals surface area contributed by atoms with E-state index < -0.39 is 0 Å². The van der Waals surface area contributed by atoms with Gasteiger partial charge in [-0.3, -0.25) is 4.79 Å². The van der Waals surface area contributed by atoms with Gasteiger partial charge in [-0.25, -0.2) is 0 Å². The molecular weight excluding hydrogens is 236 g/mol. The molecule has 3 heteroatoms. The fourth-order valence-electron chi connectivity index (χ4n) is 2.79. The average Bonchev–Trinajstić information content (AvgIpc) is 2.37. The highest BCUT2D eigenvalue weighted by Gasteiger charge is 2.17. The highest BCUT2D eigenvalue weighted by Crippen LogP contribution is 2.28. The summed E-state index contributed by atoms with van der Waals surface area (Å²) in [6, 6.07) is 5.61. The van der Waals surface area contributed by atoms with Crippen molar-refractivity contribution in [1.82, 2.24) is 0 Å². The zero-order valence-corrected chi connectivity index (χ0v) is 11.9. The fourth-order valence-corrected chi connectivity index (χ4v) is 2.79. The summed E-state index contributed by atoms with van der Waals surface area (Å²) in [6.45, 7) is 4.89. The molecule has 1 aliphatic rings. The molecule has 2 rings (SSSR count). The second-order valence-electron chi connectivity index (χ2n) is 5.87. The Labute approximate surface area is 115 Å². The highest BCUT2D eigenvalue weighted by molar-refractivity contribution is 5.99. The van der Waals surface area contributed by atoms with Crippen molar-refractivity contribution < 1.29 is 4.79 Å². The second-order valence-corrected chi connectivity index (χ2v) is 5.87. The maximum absolute atomic E-state index is 11.3. The van der Waals surface area contributed by atoms with E-state index in [0.29, 0.717) is 11.3 Å². The topological polar surface area (TPSA) is 55.1 Å². The number of hydrogen-bond donors (Lipinski definition) is 2. The molecule has 0 spiro atoms. The first kappa shape index (κ1) is 13.9. The number of hydrogen-bond acceptors (Lipinski definition) is 3. The molecule has 0 atom stereocenters. The number of Topliss-reactive ketones (excluding diaryl/α,β-unsaturated/α-hetero) is 1. The van der Waals surface area contributed by atoms with Gasteiger partial charge in [0.05, 0.1) is 0 Å². The molecule has 1 saturated carbocycles. The van der Waals surface area contributed by atoms with Gasteiger partial charge in [-0.15, -0.1) is 0 Å². The van der Waals surface area contributed by atoms with Crippen molar-refractivity contribution in [3.05, 3.63) is 23.8 Å². The van der Waals surface area contributed by atoms with E-state index in [-0.39, 0.29) is 5.78 Å². The van der Waals surface area contributed by atoms with Crippen LogP contribution in [0.4, 0.5) is 11.4 Å². The third-order valence-corrected chi connectivity index (χ3v) is 4.16. The van der Waals surface area contributed by atoms with Crippen LogP contribution >= 0.6 is 0 Å². The van der Waals surface area contributed by atoms with E-state index in [1.165, 1.54) is 25.7 Å². The molecule has 0 unspecified atom stereocenters. The Kier molecular flexibility index (Phi) is 4.46. The number of benzene rings is 1. The molecule has 3 nitrogen and oxygen atoms in total. The van der Waals surface area contributed by atoms with E-state index in [2.05, 4.69) is 12.2 Å². The van der Waals surface area contributed by atoms with Crippen LogP contribution in [0.3, 0.4) is 0 Å². The number of nitrogens with one attached hydrogen (secondary N) is 1. The maximum atomic E-state index is 11.3. The molecular formula is C16H24N2O. The number of nitrogens with two attached hydrogens (primary N) is 1. The molecule has 3 N–H and O–H groups in total. The summed E-state index contributed by atoms with van der Waals surface area (Å²) >= 11 is 0. The summed E-state index contributed by atoms with van der Waals surface area (Å²) in [7, 11) is 0. The van der Waals surface area contributed by atoms with Gasteiger partial charge in [0.2, 0.25) is 0 Å². The number of ketones is 1. The van der Waals surface area contributed by atoms with E-state index in [4.69, 9.17) is 5.73 Å². The Hall–Kier alpha value is -1.51. The minimum Gasteiger partial charge on any atom is -0.398 e. The van der Waals surface area contributed by atoms with E-state index in [9.17, 15) is 4.79 Å². The molecule has 0 radical (unpaired) electrons. The average molecular weight is 260 g/mol. The first-order valence-corrected chi connectivity index (χ1v) is 7.20. The molecule has 1 aliphatic carbocycles. The largest absolute Gasteiger partial charge is 0.398 e. The summed E-state index contributed by atoms with van der Waals surface area (Å²) in [5.41, 5.74) is 8.08. The number of anilines is 2. The van der Waals surface area contributed by atoms with Gasteiger partial charge < -0.3 is 11.1 Å². The molecule has 19 heavy (non-hydrogen) atoms. The minimum atomic E-state index is 0.0188. The fraction of sp³-hybridized carbons (Fsp3) is 0.562. The van der Waals surface area contributed by atoms with Gasteiger partial charge in [0.25, 0.3) is 0 Å². The van der Waals surface area contributed by atoms with Crippen LogP contribution in [-0.2, 0) is 0 Å². The predicted molar refractivity (Wildman–Crippen MR) is 80.5 cm³/mol. The van der Waals surface area contributed by atoms with Gasteiger partial charge >= 0.3 is 0 Å². The summed E-state index contributed by atoms with van der Waals surface area (Å²) < 4.78 is 0. The molecule has 0 heterocycles. The van der Waals surface area contributed by atoms with E-state index in [1.807, 2.05) is 18.2 Å². The Balaban J connectivity index is 1.89. The van der Waals surface area contributed by atoms with Crippen molar-refractivity contribution in [3.8, 4) is 0 Å². The minimum absolute atomic E-state index is 0.0188. The normalized spacial score (nSPS) is 23.1. The van der Waals surface area contributed by atoms with Crippen LogP contribution in [0, 0.1) is 11.8 Å². The van der Waals surface area contributed by atoms with Crippen LogP contribution in [0.1, 0.15) is 49.9 Å². The molecule has 1 aromatic carbocycles. The maximum Gasteiger partial charge on any atom is 0.161 e. The molecule has 0 amide bonds. The monoisotopic (exact) mass is 260 g/mol. The lowest BCUT2D eigenvalue weighted by molar-refractivity contribution is 0.101. The van der Waals surface area contributed by atoms with Gasteiger partial charge in [0.15, 0.2) is 5.78 Å². The standard InChI is InChI=1S/C16H24N2O/c1-11-3-5-13(6-4-11)10-18-14-7-8-15(12(2)19)16(17)9-14/h7-9,11,13,18H,3-6,10,17H2,1-2H3. The van der Waals surface area contributed by atoms with Crippen molar-refractivity contribution in [1.29, 1.82) is 0 Å². The lowest BCUT2D eigenvalue weighted by Gasteiger charge is -2.26. The third-order valence-electron chi connectivity index (χ3n) is 4.16. The number of carbonyl (C=O) groups is 1. The second kappa shape index (κ2) is 6.09. The van der Waals surface area contributed by atoms with Crippen molar-refractivity contribution in [2.24, 2.45) is 11.8 Å². The van der Waals surface area contributed by atoms with E-state index >= 15 is 0 Å². The summed E-state index contributed by atoms with van der Waals surface area (Å²) in [6.07, 6.45) is 5.32. The summed E-state index contributed by atoms with van der Waals surface area (Å²) in [4.78, 5) is 11.3. The first-order chi connectivity index (χ1) is 9.06. The van der Waals surface area contributed by atoms with Crippen LogP contribution in [0.25, 0.3) is 0 Å². The third kappa shape index (κ3) is 3.72. The number of nitrogen functional groups attached to an aromatic ring is 1. The zero-order valence-electron chi connectivity index (χ0n) is 11.9. The van der Waals surface area contributed by atoms with Gasteiger partial charge in [-0.2, -0.15) is 0 Å². The summed E-state index contributed by atoms with van der Waals surface area (Å²) in [5, 5.41) is 3.44. The van der Waals surface area contributed by atoms with Crippen LogP contribution < -0.4 is 11.1 Å². The molecule has 0 bridgehead atoms. The Morgan fingerprint density at radius 2 is 2.00 bits per heavy atom. The molecule has 0 aromatic heterocycles. The molecule has 1 fully saturated rings. The van der Waals surface area contributed by atoms with E-state index in [1.54, 1.807) is 6.92 Å². The van der Waals surface area contributed by atoms with Gasteiger partial charge in [0, 0.05) is 23.5 Å². The van der Waals surface area contributed by atoms with Crippen molar-refractivity contribution in [3.63, 3.8) is 0 Å². The Morgan fingerprint density at radius 1 is 1.32 bits per heavy atom. The van der Waals surface area contributed by atoms with Crippen LogP contribution in [0.5, 0.6) is 0 Å². The lowest BCUT2D eigenvalue weighted by atomic mass is 9.83. The highest BCUT2D eigenvalue weighted by atomic mass is 16.1. The Bertz CT molecular complexity index is 448. The van der Waals surface area contributed by atoms with Gasteiger partial charge in [-0.1, -0.05) is 19.8 Å². The molecule has 1 aromatic rings. The molecule has 0 saturated heterocycles. The van der Waals surface area contributed by atoms with Crippen LogP contribution in [0.15, 0.2) is 18.2 Å². The first-order valence-electron chi connectivity index (χ1n) is 7.20. The Morgan fingerprint density at radius 3 is 2.58 bits per heavy atom. The quantitative estimate of drug-likeness (QED) is 0.641. The lowest BCUT2D eigenvalue weighted by Crippen LogP contribution is -2.20. The molecule has 0 aliphatic heterocycles. The SMILES string of the molecule is CC(=O)c1ccc(NCC2CCC(C)CC2)cc1N. The van der Waals surface area contributed by atoms with Crippen LogP contribution in [0.2, 0.25) is 0 Å². The number of rotatable bonds is 4. The van der Waals surface area contributed by atoms with Crippen LogP contribution in [-0.4, -0.2) is 12.3 Å². The van der Waals surface area contributed by atoms with Crippen molar-refractivity contribution in [2.45, 2.75) is 39.5 Å². The van der Waals surface area contributed by atoms with Gasteiger partial charge in [-0.05, 0) is 49.8 Å². The van der Waals surface area contributed by atoms with Gasteiger partial charge in [0.1, 0.15) is 0 Å². The van der Waals surface area contributed by atoms with E-state index in [0.717, 1.165) is 24.1 Å². The zero-order chi connectivity index (χ0) is 13.8. The smallest absolute Gasteiger partial charge is 0.161 e. The summed E-state index contributed by atoms with van der Waals surface area (Å²) in [5.74, 6) is 1.68. The molecule has 104 valence electrons. The van der Waals surface area contributed by atoms with Crippen molar-refractivity contribution in [2.75, 3.05) is 17.6 Å². The predicted octanol–water partition coefficient (Wildman–Crippen LogP) is 3.71.